The van der Waals surface area contributed by atoms with Crippen LogP contribution in [0.1, 0.15) is 29.0 Å². The number of aromatic nitrogens is 4. The van der Waals surface area contributed by atoms with Gasteiger partial charge in [-0.15, -0.1) is 0 Å². The average Bonchev–Trinajstić information content (AvgIpc) is 3.50. The molecule has 4 aromatic rings. The second kappa shape index (κ2) is 8.93. The Labute approximate surface area is 193 Å². The summed E-state index contributed by atoms with van der Waals surface area (Å²) < 4.78 is 9.10. The summed E-state index contributed by atoms with van der Waals surface area (Å²) in [7, 11) is 1.54. The van der Waals surface area contributed by atoms with Gasteiger partial charge >= 0.3 is 0 Å². The highest BCUT2D eigenvalue weighted by Gasteiger charge is 2.31. The van der Waals surface area contributed by atoms with Crippen LogP contribution in [0.5, 0.6) is 0 Å². The van der Waals surface area contributed by atoms with E-state index in [-0.39, 0.29) is 17.7 Å². The van der Waals surface area contributed by atoms with Crippen LogP contribution in [0.2, 0.25) is 0 Å². The maximum Gasteiger partial charge on any atom is 0.288 e. The van der Waals surface area contributed by atoms with E-state index in [0.717, 1.165) is 34.6 Å². The number of H-pyrrole nitrogens is 1. The lowest BCUT2D eigenvalue weighted by atomic mass is 9.87. The monoisotopic (exact) mass is 460 g/mol. The Bertz CT molecular complexity index is 1350. The van der Waals surface area contributed by atoms with Crippen LogP contribution in [0, 0.1) is 11.3 Å². The van der Waals surface area contributed by atoms with Gasteiger partial charge in [-0.05, 0) is 43.0 Å². The van der Waals surface area contributed by atoms with E-state index in [4.69, 9.17) is 9.68 Å². The molecule has 1 aliphatic rings. The van der Waals surface area contributed by atoms with Crippen molar-refractivity contribution in [2.75, 3.05) is 12.4 Å². The molecular formula is C22H20N8O2S. The summed E-state index contributed by atoms with van der Waals surface area (Å²) in [6.45, 7) is 0. The van der Waals surface area contributed by atoms with E-state index in [9.17, 15) is 4.79 Å². The summed E-state index contributed by atoms with van der Waals surface area (Å²) in [5.41, 5.74) is 2.91. The van der Waals surface area contributed by atoms with Gasteiger partial charge in [0.25, 0.3) is 5.91 Å². The summed E-state index contributed by atoms with van der Waals surface area (Å²) in [5, 5.41) is 16.9. The number of rotatable bonds is 7. The molecule has 10 nitrogen and oxygen atoms in total. The Balaban J connectivity index is 1.29. The molecule has 0 saturated heterocycles. The van der Waals surface area contributed by atoms with Crippen molar-refractivity contribution in [2.24, 2.45) is 0 Å². The molecule has 0 aliphatic heterocycles. The number of nitrogens with one attached hydrogen (secondary N) is 4. The van der Waals surface area contributed by atoms with Crippen LogP contribution >= 0.6 is 11.9 Å². The minimum atomic E-state index is -0.334. The summed E-state index contributed by atoms with van der Waals surface area (Å²) >= 11 is 1.44. The molecule has 4 N–H and O–H groups in total. The highest BCUT2D eigenvalue weighted by atomic mass is 32.2. The van der Waals surface area contributed by atoms with Crippen molar-refractivity contribution >= 4 is 34.6 Å². The van der Waals surface area contributed by atoms with Crippen LogP contribution in [0.3, 0.4) is 0 Å². The number of nitriles is 1. The van der Waals surface area contributed by atoms with E-state index in [1.54, 1.807) is 31.6 Å². The normalized spacial score (nSPS) is 17.3. The molecule has 0 aromatic carbocycles. The fourth-order valence-electron chi connectivity index (χ4n) is 3.67. The lowest BCUT2D eigenvalue weighted by Crippen LogP contribution is -2.45. The zero-order valence-corrected chi connectivity index (χ0v) is 18.4. The van der Waals surface area contributed by atoms with Gasteiger partial charge < -0.3 is 20.0 Å². The van der Waals surface area contributed by atoms with Gasteiger partial charge in [-0.2, -0.15) is 5.26 Å². The second-order valence-electron chi connectivity index (χ2n) is 7.62. The topological polar surface area (TPSA) is 145 Å². The summed E-state index contributed by atoms with van der Waals surface area (Å²) in [5.74, 6) is 0.144. The molecule has 33 heavy (non-hydrogen) atoms. The van der Waals surface area contributed by atoms with Crippen molar-refractivity contribution in [3.8, 4) is 17.5 Å². The molecule has 4 heterocycles. The number of anilines is 1. The van der Waals surface area contributed by atoms with E-state index in [1.165, 1.54) is 18.1 Å². The van der Waals surface area contributed by atoms with Gasteiger partial charge in [-0.25, -0.2) is 15.0 Å². The number of carbonyl (C=O) groups is 1. The molecule has 0 radical (unpaired) electrons. The summed E-state index contributed by atoms with van der Waals surface area (Å²) in [4.78, 5) is 28.0. The van der Waals surface area contributed by atoms with Gasteiger partial charge in [0.1, 0.15) is 10.7 Å². The Morgan fingerprint density at radius 2 is 2.12 bits per heavy atom. The summed E-state index contributed by atoms with van der Waals surface area (Å²) in [6.07, 6.45) is 8.40. The van der Waals surface area contributed by atoms with E-state index >= 15 is 0 Å². The maximum atomic E-state index is 11.9. The molecule has 4 aromatic heterocycles. The molecule has 0 bridgehead atoms. The van der Waals surface area contributed by atoms with E-state index < -0.39 is 0 Å². The predicted octanol–water partition coefficient (Wildman–Crippen LogP) is 3.08. The zero-order chi connectivity index (χ0) is 22.8. The number of nitrogens with zero attached hydrogens (tertiary/aromatic N) is 4. The van der Waals surface area contributed by atoms with Gasteiger partial charge in [0.05, 0.1) is 29.1 Å². The number of pyridine rings is 2. The molecule has 5 rings (SSSR count). The quantitative estimate of drug-likeness (QED) is 0.306. The molecule has 1 saturated carbocycles. The van der Waals surface area contributed by atoms with E-state index in [1.807, 2.05) is 12.3 Å². The van der Waals surface area contributed by atoms with Crippen LogP contribution < -0.4 is 15.4 Å². The lowest BCUT2D eigenvalue weighted by Gasteiger charge is -2.37. The SMILES string of the molecule is CNC(=O)c1cnc(-c2cnc3[nH]ccc3c2N[C@H]2C[C@@H](NSc3cc(C#N)ccn3)C2)o1. The van der Waals surface area contributed by atoms with E-state index in [2.05, 4.69) is 41.4 Å². The predicted molar refractivity (Wildman–Crippen MR) is 123 cm³/mol. The van der Waals surface area contributed by atoms with Crippen molar-refractivity contribution in [3.05, 3.63) is 54.3 Å². The molecular weight excluding hydrogens is 440 g/mol. The standard InChI is InChI=1S/C22H20N8O2S/c1-24-21(31)17-11-28-22(32-17)16-10-27-20-15(3-5-26-20)19(16)29-13-7-14(8-13)30-33-18-6-12(9-23)2-4-25-18/h2-6,10-11,13-14,30H,7-8H2,1H3,(H,24,31)(H2,26,27,29)/t13-,14+. The Kier molecular flexibility index (Phi) is 5.68. The van der Waals surface area contributed by atoms with Gasteiger partial charge in [0, 0.05) is 43.1 Å². The second-order valence-corrected chi connectivity index (χ2v) is 8.48. The largest absolute Gasteiger partial charge is 0.431 e. The molecule has 0 spiro atoms. The Morgan fingerprint density at radius 3 is 2.94 bits per heavy atom. The summed E-state index contributed by atoms with van der Waals surface area (Å²) in [6, 6.07) is 8.09. The first-order valence-corrected chi connectivity index (χ1v) is 11.2. The van der Waals surface area contributed by atoms with Crippen molar-refractivity contribution < 1.29 is 9.21 Å². The molecule has 11 heteroatoms. The smallest absolute Gasteiger partial charge is 0.288 e. The third kappa shape index (κ3) is 4.26. The first kappa shape index (κ1) is 21.0. The number of fused-ring (bicyclic) bond motifs is 1. The fraction of sp³-hybridized carbons (Fsp3) is 0.227. The van der Waals surface area contributed by atoms with Gasteiger partial charge in [0.15, 0.2) is 0 Å². The zero-order valence-electron chi connectivity index (χ0n) is 17.6. The Hall–Kier alpha value is -3.88. The molecule has 166 valence electrons. The third-order valence-electron chi connectivity index (χ3n) is 5.45. The fourth-order valence-corrected chi connectivity index (χ4v) is 4.45. The van der Waals surface area contributed by atoms with Crippen LogP contribution in [-0.2, 0) is 0 Å². The number of amides is 1. The molecule has 1 aliphatic carbocycles. The number of hydrogen-bond acceptors (Lipinski definition) is 9. The van der Waals surface area contributed by atoms with Crippen LogP contribution in [0.25, 0.3) is 22.5 Å². The minimum Gasteiger partial charge on any atom is -0.431 e. The maximum absolute atomic E-state index is 11.9. The van der Waals surface area contributed by atoms with E-state index in [0.29, 0.717) is 23.1 Å². The average molecular weight is 461 g/mol. The molecule has 0 atom stereocenters. The molecule has 1 fully saturated rings. The van der Waals surface area contributed by atoms with Crippen LogP contribution in [0.15, 0.2) is 52.4 Å². The van der Waals surface area contributed by atoms with Gasteiger partial charge in [0.2, 0.25) is 11.7 Å². The van der Waals surface area contributed by atoms with Crippen molar-refractivity contribution in [3.63, 3.8) is 0 Å². The van der Waals surface area contributed by atoms with Crippen LogP contribution in [-0.4, -0.2) is 45.0 Å². The number of oxazole rings is 1. The van der Waals surface area contributed by atoms with Gasteiger partial charge in [-0.1, -0.05) is 0 Å². The van der Waals surface area contributed by atoms with Crippen LogP contribution in [0.4, 0.5) is 5.69 Å². The number of aromatic amines is 1. The third-order valence-corrected chi connectivity index (χ3v) is 6.34. The molecule has 0 unspecified atom stereocenters. The minimum absolute atomic E-state index is 0.145. The van der Waals surface area contributed by atoms with Crippen molar-refractivity contribution in [2.45, 2.75) is 30.0 Å². The lowest BCUT2D eigenvalue weighted by molar-refractivity contribution is 0.0936. The number of hydrogen-bond donors (Lipinski definition) is 4. The molecule has 1 amide bonds. The van der Waals surface area contributed by atoms with Crippen molar-refractivity contribution in [1.82, 2.24) is 30.0 Å². The first-order valence-electron chi connectivity index (χ1n) is 10.3. The van der Waals surface area contributed by atoms with Gasteiger partial charge in [-0.3, -0.25) is 9.52 Å². The highest BCUT2D eigenvalue weighted by molar-refractivity contribution is 7.97. The highest BCUT2D eigenvalue weighted by Crippen LogP contribution is 2.36. The van der Waals surface area contributed by atoms with Crippen molar-refractivity contribution in [1.29, 1.82) is 5.26 Å². The Morgan fingerprint density at radius 1 is 1.24 bits per heavy atom. The first-order chi connectivity index (χ1) is 16.1. The number of carbonyl (C=O) groups excluding carboxylic acids is 1.